The van der Waals surface area contributed by atoms with Gasteiger partial charge in [-0.15, -0.1) is 0 Å². The highest BCUT2D eigenvalue weighted by molar-refractivity contribution is 6.01. The number of ketones is 1. The molecule has 1 amide bonds. The Morgan fingerprint density at radius 2 is 1.75 bits per heavy atom. The van der Waals surface area contributed by atoms with Crippen molar-refractivity contribution in [2.24, 2.45) is 0 Å². The lowest BCUT2D eigenvalue weighted by molar-refractivity contribution is -0.129. The molecule has 0 heterocycles. The topological polar surface area (TPSA) is 40.6 Å². The van der Waals surface area contributed by atoms with Gasteiger partial charge in [-0.2, -0.15) is 0 Å². The summed E-state index contributed by atoms with van der Waals surface area (Å²) in [6, 6.07) is 5.55. The Kier molecular flexibility index (Phi) is 5.45. The Hall–Kier alpha value is -1.68. The van der Waals surface area contributed by atoms with Crippen LogP contribution in [0.2, 0.25) is 0 Å². The molecule has 0 spiro atoms. The zero-order chi connectivity index (χ0) is 15.4. The maximum Gasteiger partial charge on any atom is 0.236 e. The van der Waals surface area contributed by atoms with Crippen LogP contribution in [0.1, 0.15) is 28.4 Å². The molecule has 1 rings (SSSR count). The zero-order valence-electron chi connectivity index (χ0n) is 13.2. The number of benzene rings is 1. The fraction of sp³-hybridized carbons (Fsp3) is 0.500. The van der Waals surface area contributed by atoms with E-state index in [0.717, 1.165) is 16.7 Å². The van der Waals surface area contributed by atoms with Crippen molar-refractivity contribution in [2.75, 3.05) is 27.7 Å². The van der Waals surface area contributed by atoms with Gasteiger partial charge in [0.15, 0.2) is 5.78 Å². The van der Waals surface area contributed by atoms with E-state index < -0.39 is 0 Å². The van der Waals surface area contributed by atoms with Crippen LogP contribution < -0.4 is 0 Å². The Bertz CT molecular complexity index is 509. The summed E-state index contributed by atoms with van der Waals surface area (Å²) >= 11 is 0. The third kappa shape index (κ3) is 3.90. The summed E-state index contributed by atoms with van der Waals surface area (Å²) in [5.74, 6) is 0.0494. The van der Waals surface area contributed by atoms with Gasteiger partial charge < -0.3 is 4.90 Å². The monoisotopic (exact) mass is 276 g/mol. The highest BCUT2D eigenvalue weighted by atomic mass is 16.2. The van der Waals surface area contributed by atoms with Gasteiger partial charge in [-0.1, -0.05) is 17.7 Å². The summed E-state index contributed by atoms with van der Waals surface area (Å²) in [6.45, 7) is 5.99. The molecule has 0 aliphatic carbocycles. The van der Waals surface area contributed by atoms with Gasteiger partial charge in [0, 0.05) is 19.7 Å². The van der Waals surface area contributed by atoms with Gasteiger partial charge in [0.05, 0.1) is 12.6 Å². The van der Waals surface area contributed by atoms with Gasteiger partial charge in [-0.3, -0.25) is 14.5 Å². The van der Waals surface area contributed by atoms with Crippen molar-refractivity contribution in [3.63, 3.8) is 0 Å². The van der Waals surface area contributed by atoms with Crippen LogP contribution in [-0.2, 0) is 4.79 Å². The summed E-state index contributed by atoms with van der Waals surface area (Å²) in [6.07, 6.45) is 0. The fourth-order valence-corrected chi connectivity index (χ4v) is 1.92. The molecular weight excluding hydrogens is 252 g/mol. The van der Waals surface area contributed by atoms with Crippen LogP contribution in [0.25, 0.3) is 0 Å². The van der Waals surface area contributed by atoms with Crippen LogP contribution >= 0.6 is 0 Å². The normalized spacial score (nSPS) is 12.3. The number of aryl methyl sites for hydroxylation is 2. The van der Waals surface area contributed by atoms with E-state index in [0.29, 0.717) is 0 Å². The molecule has 0 aromatic heterocycles. The molecular formula is C16H24N2O2. The van der Waals surface area contributed by atoms with Crippen molar-refractivity contribution in [2.45, 2.75) is 26.8 Å². The van der Waals surface area contributed by atoms with E-state index >= 15 is 0 Å². The van der Waals surface area contributed by atoms with Gasteiger partial charge in [0.2, 0.25) is 5.91 Å². The Balaban J connectivity index is 2.86. The molecule has 0 saturated heterocycles. The van der Waals surface area contributed by atoms with Crippen molar-refractivity contribution in [1.29, 1.82) is 0 Å². The van der Waals surface area contributed by atoms with Crippen LogP contribution in [-0.4, -0.2) is 55.2 Å². The van der Waals surface area contributed by atoms with E-state index in [9.17, 15) is 9.59 Å². The first kappa shape index (κ1) is 16.4. The van der Waals surface area contributed by atoms with Crippen molar-refractivity contribution in [1.82, 2.24) is 9.80 Å². The number of amides is 1. The number of hydrogen-bond donors (Lipinski definition) is 0. The Morgan fingerprint density at radius 1 is 1.15 bits per heavy atom. The highest BCUT2D eigenvalue weighted by Gasteiger charge is 2.23. The van der Waals surface area contributed by atoms with Gasteiger partial charge in [-0.05, 0) is 39.4 Å². The van der Waals surface area contributed by atoms with E-state index in [1.165, 1.54) is 4.90 Å². The highest BCUT2D eigenvalue weighted by Crippen LogP contribution is 2.15. The molecule has 0 saturated carbocycles. The minimum absolute atomic E-state index is 0.00638. The van der Waals surface area contributed by atoms with Gasteiger partial charge in [0.25, 0.3) is 0 Å². The predicted molar refractivity (Wildman–Crippen MR) is 81.0 cm³/mol. The number of nitrogens with zero attached hydrogens (tertiary/aromatic N) is 2. The van der Waals surface area contributed by atoms with E-state index in [-0.39, 0.29) is 24.3 Å². The van der Waals surface area contributed by atoms with E-state index in [4.69, 9.17) is 0 Å². The summed E-state index contributed by atoms with van der Waals surface area (Å²) in [5.41, 5.74) is 2.78. The average molecular weight is 276 g/mol. The molecule has 0 radical (unpaired) electrons. The molecule has 0 fully saturated rings. The summed E-state index contributed by atoms with van der Waals surface area (Å²) in [4.78, 5) is 27.6. The van der Waals surface area contributed by atoms with Gasteiger partial charge in [0.1, 0.15) is 0 Å². The molecule has 0 aliphatic rings. The van der Waals surface area contributed by atoms with Crippen LogP contribution in [0.3, 0.4) is 0 Å². The van der Waals surface area contributed by atoms with E-state index in [1.807, 2.05) is 39.0 Å². The van der Waals surface area contributed by atoms with Crippen molar-refractivity contribution in [3.8, 4) is 0 Å². The van der Waals surface area contributed by atoms with Crippen LogP contribution in [0.5, 0.6) is 0 Å². The second kappa shape index (κ2) is 6.66. The van der Waals surface area contributed by atoms with Crippen molar-refractivity contribution >= 4 is 11.7 Å². The molecule has 0 aliphatic heterocycles. The molecule has 1 aromatic rings. The summed E-state index contributed by atoms with van der Waals surface area (Å²) in [5, 5.41) is 0. The lowest BCUT2D eigenvalue weighted by Gasteiger charge is -2.25. The number of Topliss-reactive ketones (excluding diaryl/α,β-unsaturated/α-hetero) is 1. The molecule has 0 N–H and O–H groups in total. The van der Waals surface area contributed by atoms with E-state index in [2.05, 4.69) is 0 Å². The molecule has 110 valence electrons. The number of carbonyl (C=O) groups excluding carboxylic acids is 2. The molecule has 20 heavy (non-hydrogen) atoms. The molecule has 1 aromatic carbocycles. The fourth-order valence-electron chi connectivity index (χ4n) is 1.92. The van der Waals surface area contributed by atoms with Crippen molar-refractivity contribution < 1.29 is 9.59 Å². The third-order valence-corrected chi connectivity index (χ3v) is 3.58. The standard InChI is InChI=1S/C16H24N2O2/c1-11-7-8-12(2)14(9-11)16(20)13(3)18(6)10-15(19)17(4)5/h7-9,13H,10H2,1-6H3. The third-order valence-electron chi connectivity index (χ3n) is 3.58. The number of carbonyl (C=O) groups is 2. The molecule has 4 heteroatoms. The zero-order valence-corrected chi connectivity index (χ0v) is 13.2. The largest absolute Gasteiger partial charge is 0.348 e. The first-order chi connectivity index (χ1) is 9.23. The predicted octanol–water partition coefficient (Wildman–Crippen LogP) is 1.89. The number of rotatable bonds is 5. The van der Waals surface area contributed by atoms with Gasteiger partial charge >= 0.3 is 0 Å². The quantitative estimate of drug-likeness (QED) is 0.771. The van der Waals surface area contributed by atoms with Crippen LogP contribution in [0, 0.1) is 13.8 Å². The first-order valence-electron chi connectivity index (χ1n) is 6.76. The van der Waals surface area contributed by atoms with Crippen LogP contribution in [0.4, 0.5) is 0 Å². The lowest BCUT2D eigenvalue weighted by Crippen LogP contribution is -2.42. The van der Waals surface area contributed by atoms with Gasteiger partial charge in [-0.25, -0.2) is 0 Å². The minimum Gasteiger partial charge on any atom is -0.348 e. The van der Waals surface area contributed by atoms with Crippen molar-refractivity contribution in [3.05, 3.63) is 34.9 Å². The second-order valence-corrected chi connectivity index (χ2v) is 5.56. The minimum atomic E-state index is -0.320. The summed E-state index contributed by atoms with van der Waals surface area (Å²) in [7, 11) is 5.23. The molecule has 1 atom stereocenters. The van der Waals surface area contributed by atoms with E-state index in [1.54, 1.807) is 26.0 Å². The molecule has 0 bridgehead atoms. The summed E-state index contributed by atoms with van der Waals surface area (Å²) < 4.78 is 0. The SMILES string of the molecule is Cc1ccc(C)c(C(=O)C(C)N(C)CC(=O)N(C)C)c1. The maximum atomic E-state index is 12.5. The molecule has 1 unspecified atom stereocenters. The maximum absolute atomic E-state index is 12.5. The van der Waals surface area contributed by atoms with Crippen LogP contribution in [0.15, 0.2) is 18.2 Å². The molecule has 4 nitrogen and oxygen atoms in total. The first-order valence-corrected chi connectivity index (χ1v) is 6.76. The lowest BCUT2D eigenvalue weighted by atomic mass is 9.98. The Morgan fingerprint density at radius 3 is 2.30 bits per heavy atom. The second-order valence-electron chi connectivity index (χ2n) is 5.56. The number of likely N-dealkylation sites (N-methyl/N-ethyl adjacent to an activating group) is 2. The Labute approximate surface area is 121 Å². The average Bonchev–Trinajstić information content (AvgIpc) is 2.39. The smallest absolute Gasteiger partial charge is 0.236 e. The number of hydrogen-bond acceptors (Lipinski definition) is 3.